The average Bonchev–Trinajstić information content (AvgIpc) is 2.14. The minimum Gasteiger partial charge on any atom is -0.481 e. The van der Waals surface area contributed by atoms with E-state index in [2.05, 4.69) is 0 Å². The summed E-state index contributed by atoms with van der Waals surface area (Å²) >= 11 is 0. The average molecular weight is 225 g/mol. The monoisotopic (exact) mass is 225 g/mol. The van der Waals surface area contributed by atoms with Gasteiger partial charge in [-0.2, -0.15) is 13.2 Å². The number of carboxylic acid groups (broad SMARTS) is 1. The zero-order chi connectivity index (χ0) is 11.5. The summed E-state index contributed by atoms with van der Waals surface area (Å²) in [6, 6.07) is 0. The first-order valence-electron chi connectivity index (χ1n) is 4.90. The number of piperidine rings is 1. The Hall–Kier alpha value is -0.780. The molecule has 1 rings (SSSR count). The van der Waals surface area contributed by atoms with E-state index >= 15 is 0 Å². The highest BCUT2D eigenvalue weighted by molar-refractivity contribution is 5.66. The highest BCUT2D eigenvalue weighted by Crippen LogP contribution is 2.33. The summed E-state index contributed by atoms with van der Waals surface area (Å²) in [4.78, 5) is 12.0. The van der Waals surface area contributed by atoms with Crippen LogP contribution in [-0.2, 0) is 4.79 Å². The van der Waals surface area contributed by atoms with Gasteiger partial charge in [-0.1, -0.05) is 0 Å². The van der Waals surface area contributed by atoms with Crippen molar-refractivity contribution in [1.29, 1.82) is 0 Å². The number of rotatable bonds is 3. The van der Waals surface area contributed by atoms with Gasteiger partial charge in [-0.3, -0.25) is 4.79 Å². The summed E-state index contributed by atoms with van der Waals surface area (Å²) in [7, 11) is 0. The molecule has 88 valence electrons. The summed E-state index contributed by atoms with van der Waals surface area (Å²) in [6.45, 7) is 1.04. The lowest BCUT2D eigenvalue weighted by Crippen LogP contribution is -2.39. The van der Waals surface area contributed by atoms with Crippen LogP contribution in [0.25, 0.3) is 0 Å². The largest absolute Gasteiger partial charge is 0.481 e. The minimum atomic E-state index is -4.10. The van der Waals surface area contributed by atoms with Crippen molar-refractivity contribution in [1.82, 2.24) is 4.90 Å². The van der Waals surface area contributed by atoms with E-state index in [1.807, 2.05) is 0 Å². The van der Waals surface area contributed by atoms with Gasteiger partial charge >= 0.3 is 12.1 Å². The number of alkyl halides is 3. The third-order valence-corrected chi connectivity index (χ3v) is 2.69. The second-order valence-corrected chi connectivity index (χ2v) is 3.80. The van der Waals surface area contributed by atoms with Crippen LogP contribution in [0.3, 0.4) is 0 Å². The van der Waals surface area contributed by atoms with Crippen molar-refractivity contribution in [2.24, 2.45) is 5.92 Å². The topological polar surface area (TPSA) is 40.5 Å². The third kappa shape index (κ3) is 4.07. The maximum atomic E-state index is 12.3. The highest BCUT2D eigenvalue weighted by atomic mass is 19.4. The van der Waals surface area contributed by atoms with E-state index < -0.39 is 18.1 Å². The molecule has 1 saturated heterocycles. The number of nitrogens with zero attached hydrogens (tertiary/aromatic N) is 1. The van der Waals surface area contributed by atoms with Gasteiger partial charge < -0.3 is 10.0 Å². The van der Waals surface area contributed by atoms with Crippen molar-refractivity contribution in [3.63, 3.8) is 0 Å². The summed E-state index contributed by atoms with van der Waals surface area (Å²) < 4.78 is 36.8. The van der Waals surface area contributed by atoms with Crippen molar-refractivity contribution < 1.29 is 23.1 Å². The van der Waals surface area contributed by atoms with Crippen LogP contribution >= 0.6 is 0 Å². The smallest absolute Gasteiger partial charge is 0.391 e. The van der Waals surface area contributed by atoms with Gasteiger partial charge in [-0.05, 0) is 25.9 Å². The Balaban J connectivity index is 2.27. The van der Waals surface area contributed by atoms with E-state index in [1.54, 1.807) is 4.90 Å². The molecule has 1 heterocycles. The van der Waals surface area contributed by atoms with Crippen molar-refractivity contribution >= 4 is 5.97 Å². The molecule has 1 N–H and O–H groups in total. The Kier molecular flexibility index (Phi) is 3.96. The number of carboxylic acids is 1. The summed E-state index contributed by atoms with van der Waals surface area (Å²) in [6.07, 6.45) is -3.93. The van der Waals surface area contributed by atoms with Crippen LogP contribution < -0.4 is 0 Å². The third-order valence-electron chi connectivity index (χ3n) is 2.69. The Bertz CT molecular complexity index is 222. The van der Waals surface area contributed by atoms with Crippen LogP contribution in [-0.4, -0.2) is 41.8 Å². The first kappa shape index (κ1) is 12.3. The maximum Gasteiger partial charge on any atom is 0.391 e. The predicted octanol–water partition coefficient (Wildman–Crippen LogP) is 1.74. The van der Waals surface area contributed by atoms with Gasteiger partial charge in [0.15, 0.2) is 0 Å². The zero-order valence-corrected chi connectivity index (χ0v) is 8.26. The molecule has 0 amide bonds. The molecule has 0 spiro atoms. The summed E-state index contributed by atoms with van der Waals surface area (Å²) in [5.74, 6) is -2.12. The minimum absolute atomic E-state index is 0.00329. The molecular weight excluding hydrogens is 211 g/mol. The first-order valence-corrected chi connectivity index (χ1v) is 4.90. The van der Waals surface area contributed by atoms with Crippen LogP contribution in [0, 0.1) is 5.92 Å². The SMILES string of the molecule is O=C(O)CCN1CCC(C(F)(F)F)CC1. The quantitative estimate of drug-likeness (QED) is 0.795. The zero-order valence-electron chi connectivity index (χ0n) is 8.26. The van der Waals surface area contributed by atoms with Gasteiger partial charge in [0.05, 0.1) is 12.3 Å². The Morgan fingerprint density at radius 2 is 1.87 bits per heavy atom. The molecule has 1 fully saturated rings. The summed E-state index contributed by atoms with van der Waals surface area (Å²) in [5, 5.41) is 8.42. The Morgan fingerprint density at radius 1 is 1.33 bits per heavy atom. The molecule has 0 radical (unpaired) electrons. The van der Waals surface area contributed by atoms with E-state index in [-0.39, 0.29) is 19.3 Å². The van der Waals surface area contributed by atoms with Crippen molar-refractivity contribution in [3.8, 4) is 0 Å². The van der Waals surface area contributed by atoms with Crippen molar-refractivity contribution in [2.75, 3.05) is 19.6 Å². The summed E-state index contributed by atoms with van der Waals surface area (Å²) in [5.41, 5.74) is 0. The Labute approximate surface area is 85.9 Å². The molecular formula is C9H14F3NO2. The standard InChI is InChI=1S/C9H14F3NO2/c10-9(11,12)7-1-4-13(5-2-7)6-3-8(14)15/h7H,1-6H2,(H,14,15). The maximum absolute atomic E-state index is 12.3. The lowest BCUT2D eigenvalue weighted by Gasteiger charge is -2.32. The van der Waals surface area contributed by atoms with E-state index in [1.165, 1.54) is 0 Å². The van der Waals surface area contributed by atoms with Crippen molar-refractivity contribution in [2.45, 2.75) is 25.4 Å². The molecule has 1 aliphatic rings. The van der Waals surface area contributed by atoms with Gasteiger partial charge in [0, 0.05) is 6.54 Å². The fraction of sp³-hybridized carbons (Fsp3) is 0.889. The van der Waals surface area contributed by atoms with Crippen molar-refractivity contribution in [3.05, 3.63) is 0 Å². The van der Waals surface area contributed by atoms with E-state index in [0.29, 0.717) is 19.6 Å². The first-order chi connectivity index (χ1) is 6.89. The van der Waals surface area contributed by atoms with E-state index in [4.69, 9.17) is 5.11 Å². The molecule has 0 aromatic heterocycles. The number of hydrogen-bond acceptors (Lipinski definition) is 2. The van der Waals surface area contributed by atoms with E-state index in [9.17, 15) is 18.0 Å². The van der Waals surface area contributed by atoms with Gasteiger partial charge in [-0.25, -0.2) is 0 Å². The lowest BCUT2D eigenvalue weighted by atomic mass is 9.96. The number of halogens is 3. The molecule has 6 heteroatoms. The second kappa shape index (κ2) is 4.83. The fourth-order valence-corrected chi connectivity index (χ4v) is 1.74. The molecule has 0 bridgehead atoms. The number of hydrogen-bond donors (Lipinski definition) is 1. The van der Waals surface area contributed by atoms with Crippen LogP contribution in [0.5, 0.6) is 0 Å². The molecule has 0 aromatic rings. The van der Waals surface area contributed by atoms with E-state index in [0.717, 1.165) is 0 Å². The molecule has 0 atom stereocenters. The predicted molar refractivity (Wildman–Crippen MR) is 47.5 cm³/mol. The fourth-order valence-electron chi connectivity index (χ4n) is 1.74. The van der Waals surface area contributed by atoms with Crippen LogP contribution in [0.15, 0.2) is 0 Å². The number of carbonyl (C=O) groups is 1. The van der Waals surface area contributed by atoms with Gasteiger partial charge in [0.1, 0.15) is 0 Å². The number of likely N-dealkylation sites (tertiary alicyclic amines) is 1. The molecule has 0 aliphatic carbocycles. The molecule has 3 nitrogen and oxygen atoms in total. The molecule has 0 unspecified atom stereocenters. The molecule has 15 heavy (non-hydrogen) atoms. The van der Waals surface area contributed by atoms with Gasteiger partial charge in [0.25, 0.3) is 0 Å². The van der Waals surface area contributed by atoms with Gasteiger partial charge in [0.2, 0.25) is 0 Å². The Morgan fingerprint density at radius 3 is 2.27 bits per heavy atom. The normalized spacial score (nSPS) is 20.5. The van der Waals surface area contributed by atoms with Crippen LogP contribution in [0.2, 0.25) is 0 Å². The highest BCUT2D eigenvalue weighted by Gasteiger charge is 2.40. The lowest BCUT2D eigenvalue weighted by molar-refractivity contribution is -0.185. The van der Waals surface area contributed by atoms with Crippen LogP contribution in [0.1, 0.15) is 19.3 Å². The number of aliphatic carboxylic acids is 1. The van der Waals surface area contributed by atoms with Gasteiger partial charge in [-0.15, -0.1) is 0 Å². The second-order valence-electron chi connectivity index (χ2n) is 3.80. The molecule has 0 saturated carbocycles. The molecule has 0 aromatic carbocycles. The molecule has 1 aliphatic heterocycles. The van der Waals surface area contributed by atoms with Crippen LogP contribution in [0.4, 0.5) is 13.2 Å².